The van der Waals surface area contributed by atoms with Crippen molar-refractivity contribution in [2.75, 3.05) is 17.2 Å². The zero-order valence-electron chi connectivity index (χ0n) is 10.7. The van der Waals surface area contributed by atoms with Gasteiger partial charge in [-0.25, -0.2) is 4.98 Å². The van der Waals surface area contributed by atoms with E-state index in [-0.39, 0.29) is 4.87 Å². The van der Waals surface area contributed by atoms with Crippen LogP contribution >= 0.6 is 11.3 Å². The molecule has 3 heterocycles. The standard InChI is InChI=1S/C11H13N7OS/c1-2-12-10-17-8(7-9(18-10)15-5-14-7)13-3-6-4-20-11(19)16-6/h4-5H,2-3H2,1H3,(H,16,19)(H3,12,13,14,15,17,18). The van der Waals surface area contributed by atoms with Crippen LogP contribution in [0.15, 0.2) is 16.5 Å². The SMILES string of the molecule is CCNc1nc(NCc2csc(=O)[nH]2)c2[nH]cnc2n1. The fourth-order valence-electron chi connectivity index (χ4n) is 1.78. The summed E-state index contributed by atoms with van der Waals surface area (Å²) in [4.78, 5) is 29.6. The number of imidazole rings is 1. The first kappa shape index (κ1) is 12.6. The van der Waals surface area contributed by atoms with Crippen molar-refractivity contribution in [3.63, 3.8) is 0 Å². The van der Waals surface area contributed by atoms with E-state index in [0.717, 1.165) is 29.1 Å². The number of aromatic amines is 2. The first-order valence-corrected chi connectivity index (χ1v) is 6.99. The van der Waals surface area contributed by atoms with Crippen LogP contribution in [-0.4, -0.2) is 31.5 Å². The minimum absolute atomic E-state index is 0.0653. The van der Waals surface area contributed by atoms with Gasteiger partial charge in [0.25, 0.3) is 0 Å². The molecule has 0 aromatic carbocycles. The molecule has 0 aliphatic rings. The zero-order valence-corrected chi connectivity index (χ0v) is 11.5. The lowest BCUT2D eigenvalue weighted by atomic mass is 10.4. The molecule has 0 amide bonds. The largest absolute Gasteiger partial charge is 0.363 e. The number of aromatic nitrogens is 5. The summed E-state index contributed by atoms with van der Waals surface area (Å²) in [6.07, 6.45) is 1.58. The lowest BCUT2D eigenvalue weighted by molar-refractivity contribution is 1.03. The van der Waals surface area contributed by atoms with Gasteiger partial charge in [-0.2, -0.15) is 9.97 Å². The minimum atomic E-state index is -0.0653. The Bertz CT molecular complexity index is 774. The summed E-state index contributed by atoms with van der Waals surface area (Å²) in [5.74, 6) is 1.17. The number of H-pyrrole nitrogens is 2. The van der Waals surface area contributed by atoms with E-state index in [1.165, 1.54) is 0 Å². The van der Waals surface area contributed by atoms with Crippen LogP contribution in [0, 0.1) is 0 Å². The van der Waals surface area contributed by atoms with Crippen LogP contribution in [0.1, 0.15) is 12.6 Å². The maximum Gasteiger partial charge on any atom is 0.304 e. The van der Waals surface area contributed by atoms with Crippen molar-refractivity contribution in [3.8, 4) is 0 Å². The summed E-state index contributed by atoms with van der Waals surface area (Å²) in [6, 6.07) is 0. The van der Waals surface area contributed by atoms with Crippen LogP contribution in [0.5, 0.6) is 0 Å². The second-order valence-corrected chi connectivity index (χ2v) is 4.90. The first-order chi connectivity index (χ1) is 9.76. The molecule has 0 spiro atoms. The third kappa shape index (κ3) is 2.48. The molecule has 0 fully saturated rings. The third-order valence-corrected chi connectivity index (χ3v) is 3.36. The average Bonchev–Trinajstić information content (AvgIpc) is 3.05. The highest BCUT2D eigenvalue weighted by Crippen LogP contribution is 2.19. The Morgan fingerprint density at radius 3 is 3.00 bits per heavy atom. The number of rotatable bonds is 5. The molecule has 0 aliphatic carbocycles. The van der Waals surface area contributed by atoms with E-state index in [1.807, 2.05) is 6.92 Å². The highest BCUT2D eigenvalue weighted by Gasteiger charge is 2.09. The summed E-state index contributed by atoms with van der Waals surface area (Å²) in [7, 11) is 0. The molecule has 3 aromatic rings. The molecule has 104 valence electrons. The number of nitrogens with one attached hydrogen (secondary N) is 4. The van der Waals surface area contributed by atoms with E-state index in [9.17, 15) is 4.79 Å². The Morgan fingerprint density at radius 2 is 2.25 bits per heavy atom. The van der Waals surface area contributed by atoms with Crippen LogP contribution in [0.2, 0.25) is 0 Å². The third-order valence-electron chi connectivity index (χ3n) is 2.64. The Kier molecular flexibility index (Phi) is 3.33. The molecule has 3 aromatic heterocycles. The predicted octanol–water partition coefficient (Wildman–Crippen LogP) is 1.15. The number of hydrogen-bond acceptors (Lipinski definition) is 7. The van der Waals surface area contributed by atoms with Crippen LogP contribution in [0.25, 0.3) is 11.2 Å². The van der Waals surface area contributed by atoms with E-state index >= 15 is 0 Å². The Labute approximate surface area is 117 Å². The summed E-state index contributed by atoms with van der Waals surface area (Å²) in [6.45, 7) is 3.18. The fourth-order valence-corrected chi connectivity index (χ4v) is 2.36. The summed E-state index contributed by atoms with van der Waals surface area (Å²) in [5, 5.41) is 8.02. The maximum absolute atomic E-state index is 11.1. The van der Waals surface area contributed by atoms with E-state index in [0.29, 0.717) is 24.0 Å². The molecule has 9 heteroatoms. The van der Waals surface area contributed by atoms with Gasteiger partial charge in [0, 0.05) is 17.6 Å². The molecule has 8 nitrogen and oxygen atoms in total. The molecule has 0 radical (unpaired) electrons. The van der Waals surface area contributed by atoms with Gasteiger partial charge in [0.15, 0.2) is 11.5 Å². The zero-order chi connectivity index (χ0) is 13.9. The Hall–Kier alpha value is -2.42. The van der Waals surface area contributed by atoms with Gasteiger partial charge in [0.1, 0.15) is 5.52 Å². The topological polar surface area (TPSA) is 111 Å². The minimum Gasteiger partial charge on any atom is -0.363 e. The number of anilines is 2. The van der Waals surface area contributed by atoms with Crippen molar-refractivity contribution in [1.29, 1.82) is 0 Å². The van der Waals surface area contributed by atoms with Crippen molar-refractivity contribution >= 4 is 34.3 Å². The quantitative estimate of drug-likeness (QED) is 0.561. The molecule has 0 atom stereocenters. The van der Waals surface area contributed by atoms with Gasteiger partial charge in [0.05, 0.1) is 12.9 Å². The molecular formula is C11H13N7OS. The van der Waals surface area contributed by atoms with Gasteiger partial charge in [0.2, 0.25) is 5.95 Å². The molecule has 0 unspecified atom stereocenters. The monoisotopic (exact) mass is 291 g/mol. The smallest absolute Gasteiger partial charge is 0.304 e. The average molecular weight is 291 g/mol. The van der Waals surface area contributed by atoms with E-state index in [1.54, 1.807) is 11.7 Å². The van der Waals surface area contributed by atoms with Gasteiger partial charge in [-0.05, 0) is 6.92 Å². The van der Waals surface area contributed by atoms with Crippen LogP contribution in [-0.2, 0) is 6.54 Å². The van der Waals surface area contributed by atoms with Crippen molar-refractivity contribution in [1.82, 2.24) is 24.9 Å². The highest BCUT2D eigenvalue weighted by molar-refractivity contribution is 7.07. The predicted molar refractivity (Wildman–Crippen MR) is 78.1 cm³/mol. The van der Waals surface area contributed by atoms with E-state index < -0.39 is 0 Å². The van der Waals surface area contributed by atoms with E-state index in [2.05, 4.69) is 35.6 Å². The van der Waals surface area contributed by atoms with E-state index in [4.69, 9.17) is 0 Å². The molecule has 0 aliphatic heterocycles. The molecular weight excluding hydrogens is 278 g/mol. The lowest BCUT2D eigenvalue weighted by Gasteiger charge is -2.07. The second kappa shape index (κ2) is 5.29. The molecule has 20 heavy (non-hydrogen) atoms. The lowest BCUT2D eigenvalue weighted by Crippen LogP contribution is -2.08. The Balaban J connectivity index is 1.88. The summed E-state index contributed by atoms with van der Waals surface area (Å²) >= 11 is 1.14. The molecule has 0 bridgehead atoms. The number of thiazole rings is 1. The summed E-state index contributed by atoms with van der Waals surface area (Å²) < 4.78 is 0. The van der Waals surface area contributed by atoms with Crippen molar-refractivity contribution in [2.24, 2.45) is 0 Å². The molecule has 4 N–H and O–H groups in total. The van der Waals surface area contributed by atoms with Crippen molar-refractivity contribution in [2.45, 2.75) is 13.5 Å². The van der Waals surface area contributed by atoms with Crippen molar-refractivity contribution in [3.05, 3.63) is 27.1 Å². The maximum atomic E-state index is 11.1. The molecule has 3 rings (SSSR count). The Morgan fingerprint density at radius 1 is 1.35 bits per heavy atom. The number of hydrogen-bond donors (Lipinski definition) is 4. The fraction of sp³-hybridized carbons (Fsp3) is 0.273. The van der Waals surface area contributed by atoms with Gasteiger partial charge in [-0.1, -0.05) is 11.3 Å². The first-order valence-electron chi connectivity index (χ1n) is 6.12. The van der Waals surface area contributed by atoms with Gasteiger partial charge < -0.3 is 20.6 Å². The van der Waals surface area contributed by atoms with Gasteiger partial charge in [-0.3, -0.25) is 4.79 Å². The van der Waals surface area contributed by atoms with Crippen molar-refractivity contribution < 1.29 is 0 Å². The van der Waals surface area contributed by atoms with Gasteiger partial charge >= 0.3 is 4.87 Å². The normalized spacial score (nSPS) is 10.8. The van der Waals surface area contributed by atoms with Crippen LogP contribution < -0.4 is 15.5 Å². The molecule has 0 saturated carbocycles. The molecule has 0 saturated heterocycles. The van der Waals surface area contributed by atoms with Crippen LogP contribution in [0.4, 0.5) is 11.8 Å². The summed E-state index contributed by atoms with van der Waals surface area (Å²) in [5.41, 5.74) is 2.15. The highest BCUT2D eigenvalue weighted by atomic mass is 32.1. The second-order valence-electron chi connectivity index (χ2n) is 4.05. The number of fused-ring (bicyclic) bond motifs is 1. The van der Waals surface area contributed by atoms with Crippen LogP contribution in [0.3, 0.4) is 0 Å². The van der Waals surface area contributed by atoms with Gasteiger partial charge in [-0.15, -0.1) is 0 Å². The number of nitrogens with zero attached hydrogens (tertiary/aromatic N) is 3.